The molecule has 1 unspecified atom stereocenters. The lowest BCUT2D eigenvalue weighted by Gasteiger charge is -2.31. The van der Waals surface area contributed by atoms with Gasteiger partial charge >= 0.3 is 0 Å². The lowest BCUT2D eigenvalue weighted by atomic mass is 10.0. The van der Waals surface area contributed by atoms with E-state index in [0.29, 0.717) is 48.9 Å². The van der Waals surface area contributed by atoms with E-state index < -0.39 is 6.04 Å². The van der Waals surface area contributed by atoms with Gasteiger partial charge in [-0.2, -0.15) is 0 Å². The molecule has 0 radical (unpaired) electrons. The molecule has 0 aliphatic carbocycles. The fourth-order valence-corrected chi connectivity index (χ4v) is 4.18. The molecule has 0 saturated heterocycles. The van der Waals surface area contributed by atoms with Gasteiger partial charge in [-0.3, -0.25) is 9.59 Å². The highest BCUT2D eigenvalue weighted by Gasteiger charge is 2.30. The molecule has 3 aromatic carbocycles. The molecule has 4 rings (SSSR count). The summed E-state index contributed by atoms with van der Waals surface area (Å²) in [5.41, 5.74) is 2.80. The third-order valence-electron chi connectivity index (χ3n) is 5.90. The third-order valence-corrected chi connectivity index (χ3v) is 6.16. The summed E-state index contributed by atoms with van der Waals surface area (Å²) in [5.74, 6) is 1.10. The van der Waals surface area contributed by atoms with Gasteiger partial charge in [-0.15, -0.1) is 0 Å². The van der Waals surface area contributed by atoms with E-state index in [0.717, 1.165) is 16.7 Å². The van der Waals surface area contributed by atoms with Crippen LogP contribution in [0.4, 0.5) is 0 Å². The molecule has 3 aromatic rings. The van der Waals surface area contributed by atoms with Crippen LogP contribution in [-0.2, 0) is 29.1 Å². The SMILES string of the molecule is CCCC(=O)N(Cc1ccc(Cl)cc1)C(Cc1ccccc1)C(=O)NCc1ccc2c(c1)OCO2. The molecular weight excluding hydrogens is 464 g/mol. The van der Waals surface area contributed by atoms with E-state index in [1.165, 1.54) is 0 Å². The topological polar surface area (TPSA) is 67.9 Å². The summed E-state index contributed by atoms with van der Waals surface area (Å²) in [4.78, 5) is 28.5. The molecular formula is C28H29ClN2O4. The monoisotopic (exact) mass is 492 g/mol. The second kappa shape index (κ2) is 11.8. The first-order chi connectivity index (χ1) is 17.0. The highest BCUT2D eigenvalue weighted by atomic mass is 35.5. The lowest BCUT2D eigenvalue weighted by molar-refractivity contribution is -0.141. The molecule has 7 heteroatoms. The van der Waals surface area contributed by atoms with Gasteiger partial charge in [0.25, 0.3) is 0 Å². The second-order valence-corrected chi connectivity index (χ2v) is 8.95. The summed E-state index contributed by atoms with van der Waals surface area (Å²) in [6.07, 6.45) is 1.48. The Bertz CT molecular complexity index is 1150. The Morgan fingerprint density at radius 2 is 1.66 bits per heavy atom. The zero-order valence-corrected chi connectivity index (χ0v) is 20.5. The zero-order valence-electron chi connectivity index (χ0n) is 19.7. The van der Waals surface area contributed by atoms with E-state index in [2.05, 4.69) is 5.32 Å². The standard InChI is InChI=1S/C28H29ClN2O4/c1-2-6-27(32)31(18-21-9-12-23(29)13-10-21)24(15-20-7-4-3-5-8-20)28(33)30-17-22-11-14-25-26(16-22)35-19-34-25/h3-5,7-14,16,24H,2,6,15,17-19H2,1H3,(H,30,33). The van der Waals surface area contributed by atoms with E-state index in [1.54, 1.807) is 17.0 Å². The van der Waals surface area contributed by atoms with Crippen LogP contribution in [0.2, 0.25) is 5.02 Å². The summed E-state index contributed by atoms with van der Waals surface area (Å²) in [7, 11) is 0. The Labute approximate surface area is 210 Å². The smallest absolute Gasteiger partial charge is 0.243 e. The van der Waals surface area contributed by atoms with Gasteiger partial charge in [0.1, 0.15) is 6.04 Å². The number of hydrogen-bond donors (Lipinski definition) is 1. The van der Waals surface area contributed by atoms with E-state index in [1.807, 2.05) is 67.6 Å². The van der Waals surface area contributed by atoms with Crippen molar-refractivity contribution >= 4 is 23.4 Å². The number of hydrogen-bond acceptors (Lipinski definition) is 4. The van der Waals surface area contributed by atoms with E-state index in [4.69, 9.17) is 21.1 Å². The number of ether oxygens (including phenoxy) is 2. The fraction of sp³-hybridized carbons (Fsp3) is 0.286. The van der Waals surface area contributed by atoms with Crippen LogP contribution in [0.3, 0.4) is 0 Å². The fourth-order valence-electron chi connectivity index (χ4n) is 4.06. The Hall–Kier alpha value is -3.51. The minimum Gasteiger partial charge on any atom is -0.454 e. The van der Waals surface area contributed by atoms with E-state index in [-0.39, 0.29) is 18.6 Å². The molecule has 0 aromatic heterocycles. The van der Waals surface area contributed by atoms with Crippen LogP contribution in [-0.4, -0.2) is 29.5 Å². The molecule has 0 spiro atoms. The molecule has 0 bridgehead atoms. The van der Waals surface area contributed by atoms with Gasteiger partial charge < -0.3 is 19.7 Å². The number of carbonyl (C=O) groups excluding carboxylic acids is 2. The van der Waals surface area contributed by atoms with Crippen molar-refractivity contribution < 1.29 is 19.1 Å². The maximum atomic E-state index is 13.6. The number of rotatable bonds is 10. The summed E-state index contributed by atoms with van der Waals surface area (Å²) in [5, 5.41) is 3.66. The molecule has 1 N–H and O–H groups in total. The zero-order chi connectivity index (χ0) is 24.6. The van der Waals surface area contributed by atoms with Crippen molar-refractivity contribution in [1.82, 2.24) is 10.2 Å². The number of nitrogens with one attached hydrogen (secondary N) is 1. The number of nitrogens with zero attached hydrogens (tertiary/aromatic N) is 1. The van der Waals surface area contributed by atoms with Crippen LogP contribution in [0.15, 0.2) is 72.8 Å². The Kier molecular flexibility index (Phi) is 8.27. The summed E-state index contributed by atoms with van der Waals surface area (Å²) >= 11 is 6.05. The maximum absolute atomic E-state index is 13.6. The molecule has 1 heterocycles. The number of fused-ring (bicyclic) bond motifs is 1. The van der Waals surface area contributed by atoms with Crippen LogP contribution in [0, 0.1) is 0 Å². The van der Waals surface area contributed by atoms with Gasteiger partial charge in [0.15, 0.2) is 11.5 Å². The minimum absolute atomic E-state index is 0.0541. The number of carbonyl (C=O) groups is 2. The van der Waals surface area contributed by atoms with Crippen molar-refractivity contribution in [2.24, 2.45) is 0 Å². The molecule has 0 saturated carbocycles. The lowest BCUT2D eigenvalue weighted by Crippen LogP contribution is -2.50. The third kappa shape index (κ3) is 6.55. The van der Waals surface area contributed by atoms with Crippen molar-refractivity contribution in [1.29, 1.82) is 0 Å². The summed E-state index contributed by atoms with van der Waals surface area (Å²) in [6.45, 7) is 2.80. The normalized spacial score (nSPS) is 12.7. The molecule has 1 aliphatic heterocycles. The number of amides is 2. The molecule has 0 fully saturated rings. The molecule has 6 nitrogen and oxygen atoms in total. The first kappa shape index (κ1) is 24.6. The van der Waals surface area contributed by atoms with Crippen molar-refractivity contribution in [2.75, 3.05) is 6.79 Å². The van der Waals surface area contributed by atoms with Gasteiger partial charge in [0, 0.05) is 31.0 Å². The highest BCUT2D eigenvalue weighted by molar-refractivity contribution is 6.30. The second-order valence-electron chi connectivity index (χ2n) is 8.51. The van der Waals surface area contributed by atoms with Gasteiger partial charge in [0.05, 0.1) is 0 Å². The van der Waals surface area contributed by atoms with Crippen molar-refractivity contribution in [3.63, 3.8) is 0 Å². The highest BCUT2D eigenvalue weighted by Crippen LogP contribution is 2.32. The largest absolute Gasteiger partial charge is 0.454 e. The first-order valence-electron chi connectivity index (χ1n) is 11.8. The van der Waals surface area contributed by atoms with Crippen molar-refractivity contribution in [3.8, 4) is 11.5 Å². The van der Waals surface area contributed by atoms with E-state index >= 15 is 0 Å². The average Bonchev–Trinajstić information content (AvgIpc) is 3.34. The van der Waals surface area contributed by atoms with Gasteiger partial charge in [-0.05, 0) is 47.4 Å². The number of benzene rings is 3. The molecule has 1 aliphatic rings. The van der Waals surface area contributed by atoms with Crippen LogP contribution < -0.4 is 14.8 Å². The van der Waals surface area contributed by atoms with Crippen molar-refractivity contribution in [3.05, 3.63) is 94.5 Å². The molecule has 2 amide bonds. The molecule has 35 heavy (non-hydrogen) atoms. The van der Waals surface area contributed by atoms with Gasteiger partial charge in [-0.1, -0.05) is 67.1 Å². The predicted octanol–water partition coefficient (Wildman–Crippen LogP) is 5.13. The number of halogens is 1. The Morgan fingerprint density at radius 1 is 0.943 bits per heavy atom. The average molecular weight is 493 g/mol. The van der Waals surface area contributed by atoms with Crippen LogP contribution in [0.25, 0.3) is 0 Å². The summed E-state index contributed by atoms with van der Waals surface area (Å²) in [6, 6.07) is 22.1. The van der Waals surface area contributed by atoms with E-state index in [9.17, 15) is 9.59 Å². The minimum atomic E-state index is -0.666. The van der Waals surface area contributed by atoms with Gasteiger partial charge in [0.2, 0.25) is 18.6 Å². The van der Waals surface area contributed by atoms with Crippen LogP contribution >= 0.6 is 11.6 Å². The first-order valence-corrected chi connectivity index (χ1v) is 12.2. The van der Waals surface area contributed by atoms with Crippen LogP contribution in [0.5, 0.6) is 11.5 Å². The summed E-state index contributed by atoms with van der Waals surface area (Å²) < 4.78 is 10.8. The quantitative estimate of drug-likeness (QED) is 0.426. The maximum Gasteiger partial charge on any atom is 0.243 e. The Balaban J connectivity index is 1.57. The predicted molar refractivity (Wildman–Crippen MR) is 135 cm³/mol. The van der Waals surface area contributed by atoms with Crippen molar-refractivity contribution in [2.45, 2.75) is 45.3 Å². The molecule has 182 valence electrons. The Morgan fingerprint density at radius 3 is 2.40 bits per heavy atom. The van der Waals surface area contributed by atoms with Crippen LogP contribution in [0.1, 0.15) is 36.5 Å². The molecule has 1 atom stereocenters. The van der Waals surface area contributed by atoms with Gasteiger partial charge in [-0.25, -0.2) is 0 Å².